The Morgan fingerprint density at radius 1 is 0.800 bits per heavy atom. The van der Waals surface area contributed by atoms with Gasteiger partial charge in [-0.25, -0.2) is 0 Å². The van der Waals surface area contributed by atoms with Gasteiger partial charge in [-0.15, -0.1) is 0 Å². The summed E-state index contributed by atoms with van der Waals surface area (Å²) >= 11 is 3.82. The maximum atomic E-state index is 3.82. The lowest BCUT2D eigenvalue weighted by Crippen LogP contribution is -2.40. The van der Waals surface area contributed by atoms with Crippen LogP contribution in [-0.2, 0) is 0 Å². The Morgan fingerprint density at radius 3 is 1.67 bits per heavy atom. The summed E-state index contributed by atoms with van der Waals surface area (Å²) in [5.74, 6) is 1.74. The van der Waals surface area contributed by atoms with Gasteiger partial charge in [0.25, 0.3) is 0 Å². The summed E-state index contributed by atoms with van der Waals surface area (Å²) in [4.78, 5) is 0.750. The van der Waals surface area contributed by atoms with Crippen molar-refractivity contribution in [3.8, 4) is 0 Å². The van der Waals surface area contributed by atoms with Crippen molar-refractivity contribution < 1.29 is 0 Å². The summed E-state index contributed by atoms with van der Waals surface area (Å²) in [5, 5.41) is 0. The number of halogens is 1. The number of rotatable bonds is 0. The SMILES string of the molecule is CC(C)(C)C1CCC(Br)CC1C(C)(C)C. The number of hydrogen-bond acceptors (Lipinski definition) is 0. The van der Waals surface area contributed by atoms with Gasteiger partial charge in [-0.1, -0.05) is 57.5 Å². The Labute approximate surface area is 104 Å². The molecule has 15 heavy (non-hydrogen) atoms. The third kappa shape index (κ3) is 3.47. The fourth-order valence-electron chi connectivity index (χ4n) is 3.11. The van der Waals surface area contributed by atoms with Crippen LogP contribution in [-0.4, -0.2) is 4.83 Å². The quantitative estimate of drug-likeness (QED) is 0.529. The predicted molar refractivity (Wildman–Crippen MR) is 72.5 cm³/mol. The van der Waals surface area contributed by atoms with E-state index < -0.39 is 0 Å². The van der Waals surface area contributed by atoms with E-state index >= 15 is 0 Å². The molecule has 0 nitrogen and oxygen atoms in total. The summed E-state index contributed by atoms with van der Waals surface area (Å²) in [6, 6.07) is 0. The van der Waals surface area contributed by atoms with Crippen LogP contribution < -0.4 is 0 Å². The number of hydrogen-bond donors (Lipinski definition) is 0. The first-order valence-electron chi connectivity index (χ1n) is 6.26. The van der Waals surface area contributed by atoms with Crippen LogP contribution in [0.2, 0.25) is 0 Å². The highest BCUT2D eigenvalue weighted by Gasteiger charge is 2.41. The van der Waals surface area contributed by atoms with Crippen LogP contribution in [0.1, 0.15) is 60.8 Å². The Bertz CT molecular complexity index is 206. The van der Waals surface area contributed by atoms with Crippen LogP contribution in [0.15, 0.2) is 0 Å². The molecule has 1 rings (SSSR count). The molecule has 0 heterocycles. The van der Waals surface area contributed by atoms with E-state index in [2.05, 4.69) is 57.5 Å². The van der Waals surface area contributed by atoms with Crippen molar-refractivity contribution in [1.82, 2.24) is 0 Å². The van der Waals surface area contributed by atoms with Gasteiger partial charge in [-0.05, 0) is 41.9 Å². The van der Waals surface area contributed by atoms with E-state index in [1.165, 1.54) is 19.3 Å². The number of alkyl halides is 1. The molecule has 1 aliphatic rings. The van der Waals surface area contributed by atoms with Gasteiger partial charge in [-0.3, -0.25) is 0 Å². The largest absolute Gasteiger partial charge is 0.0891 e. The zero-order valence-corrected chi connectivity index (χ0v) is 12.8. The van der Waals surface area contributed by atoms with Crippen LogP contribution in [0.4, 0.5) is 0 Å². The van der Waals surface area contributed by atoms with Crippen molar-refractivity contribution in [2.45, 2.75) is 65.6 Å². The van der Waals surface area contributed by atoms with Crippen LogP contribution in [0.25, 0.3) is 0 Å². The molecule has 1 saturated carbocycles. The third-order valence-corrected chi connectivity index (χ3v) is 4.84. The van der Waals surface area contributed by atoms with Gasteiger partial charge in [0.15, 0.2) is 0 Å². The minimum absolute atomic E-state index is 0.449. The van der Waals surface area contributed by atoms with Crippen LogP contribution in [0.3, 0.4) is 0 Å². The second kappa shape index (κ2) is 4.39. The first-order chi connectivity index (χ1) is 6.62. The topological polar surface area (TPSA) is 0 Å². The van der Waals surface area contributed by atoms with Crippen molar-refractivity contribution >= 4 is 15.9 Å². The van der Waals surface area contributed by atoms with Gasteiger partial charge in [0.05, 0.1) is 0 Å². The molecular formula is C14H27Br. The second-order valence-electron chi connectivity index (χ2n) is 7.36. The average molecular weight is 275 g/mol. The Kier molecular flexibility index (Phi) is 3.96. The smallest absolute Gasteiger partial charge is 0.0148 e. The summed E-state index contributed by atoms with van der Waals surface area (Å²) in [7, 11) is 0. The Hall–Kier alpha value is 0.480. The highest BCUT2D eigenvalue weighted by molar-refractivity contribution is 9.09. The molecule has 0 aromatic heterocycles. The lowest BCUT2D eigenvalue weighted by atomic mass is 9.59. The van der Waals surface area contributed by atoms with Gasteiger partial charge >= 0.3 is 0 Å². The fourth-order valence-corrected chi connectivity index (χ4v) is 3.78. The van der Waals surface area contributed by atoms with Gasteiger partial charge in [0.1, 0.15) is 0 Å². The zero-order chi connectivity index (χ0) is 11.9. The Balaban J connectivity index is 2.85. The fraction of sp³-hybridized carbons (Fsp3) is 1.00. The van der Waals surface area contributed by atoms with E-state index in [-0.39, 0.29) is 0 Å². The molecule has 0 N–H and O–H groups in total. The van der Waals surface area contributed by atoms with E-state index in [1.54, 1.807) is 0 Å². The van der Waals surface area contributed by atoms with Gasteiger partial charge in [0.2, 0.25) is 0 Å². The second-order valence-corrected chi connectivity index (χ2v) is 8.65. The van der Waals surface area contributed by atoms with Crippen LogP contribution in [0, 0.1) is 22.7 Å². The molecule has 1 heteroatoms. The zero-order valence-electron chi connectivity index (χ0n) is 11.2. The third-order valence-electron chi connectivity index (χ3n) is 4.01. The van der Waals surface area contributed by atoms with E-state index in [0.29, 0.717) is 10.8 Å². The molecule has 0 aliphatic heterocycles. The molecular weight excluding hydrogens is 248 g/mol. The normalized spacial score (nSPS) is 34.2. The van der Waals surface area contributed by atoms with Crippen molar-refractivity contribution in [3.05, 3.63) is 0 Å². The summed E-state index contributed by atoms with van der Waals surface area (Å²) in [6.45, 7) is 14.4. The molecule has 0 aromatic rings. The minimum Gasteiger partial charge on any atom is -0.0891 e. The summed E-state index contributed by atoms with van der Waals surface area (Å²) < 4.78 is 0. The summed E-state index contributed by atoms with van der Waals surface area (Å²) in [6.07, 6.45) is 4.10. The first-order valence-corrected chi connectivity index (χ1v) is 7.18. The minimum atomic E-state index is 0.449. The van der Waals surface area contributed by atoms with Crippen LogP contribution in [0.5, 0.6) is 0 Å². The Morgan fingerprint density at radius 2 is 1.27 bits per heavy atom. The standard InChI is InChI=1S/C14H27Br/c1-13(2,3)11-8-7-10(15)9-12(11)14(4,5)6/h10-12H,7-9H2,1-6H3. The predicted octanol–water partition coefficient (Wildman–Crippen LogP) is 5.26. The highest BCUT2D eigenvalue weighted by Crippen LogP contribution is 2.50. The lowest BCUT2D eigenvalue weighted by molar-refractivity contribution is 0.0366. The molecule has 3 atom stereocenters. The molecule has 0 amide bonds. The monoisotopic (exact) mass is 274 g/mol. The average Bonchev–Trinajstić information content (AvgIpc) is 2.00. The van der Waals surface area contributed by atoms with Gasteiger partial charge < -0.3 is 0 Å². The maximum Gasteiger partial charge on any atom is 0.0148 e. The van der Waals surface area contributed by atoms with Crippen molar-refractivity contribution in [1.29, 1.82) is 0 Å². The molecule has 1 fully saturated rings. The molecule has 0 saturated heterocycles. The maximum absolute atomic E-state index is 3.82. The molecule has 90 valence electrons. The van der Waals surface area contributed by atoms with Crippen molar-refractivity contribution in [2.24, 2.45) is 22.7 Å². The lowest BCUT2D eigenvalue weighted by Gasteiger charge is -2.48. The van der Waals surface area contributed by atoms with E-state index in [0.717, 1.165) is 16.7 Å². The van der Waals surface area contributed by atoms with Gasteiger partial charge in [0, 0.05) is 4.83 Å². The molecule has 3 unspecified atom stereocenters. The van der Waals surface area contributed by atoms with Crippen molar-refractivity contribution in [3.63, 3.8) is 0 Å². The van der Waals surface area contributed by atoms with Crippen LogP contribution >= 0.6 is 15.9 Å². The van der Waals surface area contributed by atoms with Gasteiger partial charge in [-0.2, -0.15) is 0 Å². The van der Waals surface area contributed by atoms with E-state index in [1.807, 2.05) is 0 Å². The van der Waals surface area contributed by atoms with E-state index in [9.17, 15) is 0 Å². The van der Waals surface area contributed by atoms with E-state index in [4.69, 9.17) is 0 Å². The first kappa shape index (κ1) is 13.5. The molecule has 0 aromatic carbocycles. The highest BCUT2D eigenvalue weighted by atomic mass is 79.9. The molecule has 0 radical (unpaired) electrons. The summed E-state index contributed by atoms with van der Waals surface area (Å²) in [5.41, 5.74) is 0.912. The molecule has 0 bridgehead atoms. The molecule has 1 aliphatic carbocycles. The molecule has 0 spiro atoms. The van der Waals surface area contributed by atoms with Crippen molar-refractivity contribution in [2.75, 3.05) is 0 Å².